The Morgan fingerprint density at radius 2 is 1.95 bits per heavy atom. The minimum Gasteiger partial charge on any atom is -0.457 e. The second kappa shape index (κ2) is 6.71. The van der Waals surface area contributed by atoms with E-state index in [0.717, 1.165) is 0 Å². The fourth-order valence-electron chi connectivity index (χ4n) is 1.73. The molecular weight excluding hydrogens is 286 g/mol. The van der Waals surface area contributed by atoms with Gasteiger partial charge in [-0.25, -0.2) is 4.79 Å². The maximum Gasteiger partial charge on any atom is 0.374 e. The smallest absolute Gasteiger partial charge is 0.374 e. The Bertz CT molecular complexity index is 690. The van der Waals surface area contributed by atoms with Crippen molar-refractivity contribution in [2.24, 2.45) is 0 Å². The lowest BCUT2D eigenvalue weighted by Crippen LogP contribution is -2.29. The molecule has 1 amide bonds. The van der Waals surface area contributed by atoms with Crippen LogP contribution < -0.4 is 5.32 Å². The second-order valence-corrected chi connectivity index (χ2v) is 4.65. The number of carbonyl (C=O) groups excluding carboxylic acids is 3. The van der Waals surface area contributed by atoms with Crippen LogP contribution in [0.15, 0.2) is 47.1 Å². The first kappa shape index (κ1) is 15.5. The lowest BCUT2D eigenvalue weighted by atomic mass is 10.1. The summed E-state index contributed by atoms with van der Waals surface area (Å²) in [5, 5.41) is 2.59. The number of carbonyl (C=O) groups is 3. The molecule has 0 aliphatic rings. The van der Waals surface area contributed by atoms with Gasteiger partial charge in [-0.3, -0.25) is 9.59 Å². The molecule has 0 spiro atoms. The average molecular weight is 301 g/mol. The van der Waals surface area contributed by atoms with E-state index in [4.69, 9.17) is 9.15 Å². The average Bonchev–Trinajstić information content (AvgIpc) is 3.01. The van der Waals surface area contributed by atoms with Gasteiger partial charge in [-0.15, -0.1) is 0 Å². The van der Waals surface area contributed by atoms with E-state index in [0.29, 0.717) is 11.3 Å². The number of nitrogens with one attached hydrogen (secondary N) is 1. The van der Waals surface area contributed by atoms with Crippen LogP contribution in [0.5, 0.6) is 0 Å². The minimum absolute atomic E-state index is 0.0261. The normalized spacial score (nSPS) is 11.5. The summed E-state index contributed by atoms with van der Waals surface area (Å²) in [5.74, 6) is -1.29. The van der Waals surface area contributed by atoms with Crippen molar-refractivity contribution in [3.63, 3.8) is 0 Å². The fourth-order valence-corrected chi connectivity index (χ4v) is 1.73. The highest BCUT2D eigenvalue weighted by Gasteiger charge is 2.20. The van der Waals surface area contributed by atoms with Crippen LogP contribution >= 0.6 is 0 Å². The third-order valence-electron chi connectivity index (χ3n) is 2.91. The Hall–Kier alpha value is -2.89. The van der Waals surface area contributed by atoms with Crippen molar-refractivity contribution in [3.8, 4) is 0 Å². The van der Waals surface area contributed by atoms with E-state index >= 15 is 0 Å². The number of amides is 1. The molecule has 6 heteroatoms. The highest BCUT2D eigenvalue weighted by atomic mass is 16.6. The summed E-state index contributed by atoms with van der Waals surface area (Å²) in [6.07, 6.45) is 0.341. The van der Waals surface area contributed by atoms with Crippen LogP contribution in [0.25, 0.3) is 0 Å². The largest absolute Gasteiger partial charge is 0.457 e. The number of rotatable bonds is 5. The van der Waals surface area contributed by atoms with Crippen molar-refractivity contribution in [2.75, 3.05) is 5.32 Å². The number of ketones is 1. The summed E-state index contributed by atoms with van der Waals surface area (Å²) in [4.78, 5) is 35.0. The van der Waals surface area contributed by atoms with Gasteiger partial charge in [0, 0.05) is 11.3 Å². The van der Waals surface area contributed by atoms with Crippen molar-refractivity contribution in [3.05, 3.63) is 54.0 Å². The standard InChI is InChI=1S/C16H15NO5/c1-10(18)12-5-3-6-13(9-12)17-15(19)11(2)22-16(20)14-7-4-8-21-14/h3-9,11H,1-2H3,(H,17,19). The molecule has 2 aromatic rings. The van der Waals surface area contributed by atoms with E-state index in [9.17, 15) is 14.4 Å². The van der Waals surface area contributed by atoms with E-state index in [1.54, 1.807) is 30.3 Å². The molecule has 0 aliphatic carbocycles. The molecular formula is C16H15NO5. The molecule has 6 nitrogen and oxygen atoms in total. The highest BCUT2D eigenvalue weighted by Crippen LogP contribution is 2.12. The summed E-state index contributed by atoms with van der Waals surface area (Å²) in [5.41, 5.74) is 0.941. The summed E-state index contributed by atoms with van der Waals surface area (Å²) < 4.78 is 9.89. The predicted molar refractivity (Wildman–Crippen MR) is 78.7 cm³/mol. The summed E-state index contributed by atoms with van der Waals surface area (Å²) in [6, 6.07) is 9.51. The van der Waals surface area contributed by atoms with Gasteiger partial charge in [0.15, 0.2) is 11.9 Å². The highest BCUT2D eigenvalue weighted by molar-refractivity contribution is 5.99. The number of Topliss-reactive ketones (excluding diaryl/α,β-unsaturated/α-hetero) is 1. The van der Waals surface area contributed by atoms with Crippen LogP contribution in [-0.4, -0.2) is 23.8 Å². The van der Waals surface area contributed by atoms with Crippen LogP contribution in [0.4, 0.5) is 5.69 Å². The summed E-state index contributed by atoms with van der Waals surface area (Å²) >= 11 is 0. The first-order valence-electron chi connectivity index (χ1n) is 6.63. The first-order chi connectivity index (χ1) is 10.5. The Balaban J connectivity index is 1.98. The van der Waals surface area contributed by atoms with Crippen LogP contribution in [-0.2, 0) is 9.53 Å². The van der Waals surface area contributed by atoms with Gasteiger partial charge in [0.25, 0.3) is 5.91 Å². The molecule has 0 radical (unpaired) electrons. The van der Waals surface area contributed by atoms with Gasteiger partial charge in [-0.1, -0.05) is 12.1 Å². The van der Waals surface area contributed by atoms with Crippen LogP contribution in [0.1, 0.15) is 34.8 Å². The quantitative estimate of drug-likeness (QED) is 0.678. The number of furan rings is 1. The number of hydrogen-bond donors (Lipinski definition) is 1. The number of ether oxygens (including phenoxy) is 1. The Kier molecular flexibility index (Phi) is 4.73. The zero-order chi connectivity index (χ0) is 16.1. The molecule has 114 valence electrons. The van der Waals surface area contributed by atoms with Gasteiger partial charge < -0.3 is 14.5 Å². The molecule has 22 heavy (non-hydrogen) atoms. The molecule has 0 bridgehead atoms. The van der Waals surface area contributed by atoms with Gasteiger partial charge >= 0.3 is 5.97 Å². The third kappa shape index (κ3) is 3.82. The number of hydrogen-bond acceptors (Lipinski definition) is 5. The maximum absolute atomic E-state index is 12.0. The lowest BCUT2D eigenvalue weighted by molar-refractivity contribution is -0.123. The molecule has 1 atom stereocenters. The molecule has 1 aromatic carbocycles. The predicted octanol–water partition coefficient (Wildman–Crippen LogP) is 2.67. The van der Waals surface area contributed by atoms with E-state index in [1.165, 1.54) is 26.2 Å². The van der Waals surface area contributed by atoms with Gasteiger partial charge in [0.2, 0.25) is 5.76 Å². The van der Waals surface area contributed by atoms with Crippen molar-refractivity contribution in [2.45, 2.75) is 20.0 Å². The molecule has 1 aromatic heterocycles. The Labute approximate surface area is 127 Å². The molecule has 0 saturated carbocycles. The molecule has 0 saturated heterocycles. The lowest BCUT2D eigenvalue weighted by Gasteiger charge is -2.13. The van der Waals surface area contributed by atoms with Gasteiger partial charge in [0.1, 0.15) is 0 Å². The van der Waals surface area contributed by atoms with E-state index in [1.807, 2.05) is 0 Å². The van der Waals surface area contributed by atoms with Crippen molar-refractivity contribution in [1.29, 1.82) is 0 Å². The SMILES string of the molecule is CC(=O)c1cccc(NC(=O)C(C)OC(=O)c2ccco2)c1. The van der Waals surface area contributed by atoms with Crippen molar-refractivity contribution in [1.82, 2.24) is 0 Å². The fraction of sp³-hybridized carbons (Fsp3) is 0.188. The Morgan fingerprint density at radius 1 is 1.18 bits per heavy atom. The third-order valence-corrected chi connectivity index (χ3v) is 2.91. The van der Waals surface area contributed by atoms with Crippen molar-refractivity contribution >= 4 is 23.3 Å². The summed E-state index contributed by atoms with van der Waals surface area (Å²) in [6.45, 7) is 2.89. The van der Waals surface area contributed by atoms with Crippen LogP contribution in [0.3, 0.4) is 0 Å². The molecule has 1 N–H and O–H groups in total. The topological polar surface area (TPSA) is 85.6 Å². The van der Waals surface area contributed by atoms with E-state index < -0.39 is 18.0 Å². The van der Waals surface area contributed by atoms with Crippen LogP contribution in [0, 0.1) is 0 Å². The van der Waals surface area contributed by atoms with Gasteiger partial charge in [-0.05, 0) is 38.1 Å². The van der Waals surface area contributed by atoms with Crippen LogP contribution in [0.2, 0.25) is 0 Å². The number of esters is 1. The Morgan fingerprint density at radius 3 is 2.59 bits per heavy atom. The zero-order valence-corrected chi connectivity index (χ0v) is 12.2. The van der Waals surface area contributed by atoms with E-state index in [2.05, 4.69) is 5.32 Å². The first-order valence-corrected chi connectivity index (χ1v) is 6.63. The van der Waals surface area contributed by atoms with E-state index in [-0.39, 0.29) is 11.5 Å². The van der Waals surface area contributed by atoms with Gasteiger partial charge in [0.05, 0.1) is 6.26 Å². The summed E-state index contributed by atoms with van der Waals surface area (Å²) in [7, 11) is 0. The van der Waals surface area contributed by atoms with Crippen molar-refractivity contribution < 1.29 is 23.5 Å². The molecule has 2 rings (SSSR count). The minimum atomic E-state index is -1.00. The second-order valence-electron chi connectivity index (χ2n) is 4.65. The molecule has 0 aliphatic heterocycles. The monoisotopic (exact) mass is 301 g/mol. The zero-order valence-electron chi connectivity index (χ0n) is 12.2. The van der Waals surface area contributed by atoms with Gasteiger partial charge in [-0.2, -0.15) is 0 Å². The maximum atomic E-state index is 12.0. The number of anilines is 1. The molecule has 0 fully saturated rings. The molecule has 1 unspecified atom stereocenters. The number of benzene rings is 1. The molecule has 1 heterocycles.